The van der Waals surface area contributed by atoms with Gasteiger partial charge in [0.05, 0.1) is 11.4 Å². The minimum atomic E-state index is -0.318. The van der Waals surface area contributed by atoms with Gasteiger partial charge in [0.1, 0.15) is 12.4 Å². The number of amides is 1. The summed E-state index contributed by atoms with van der Waals surface area (Å²) in [6.07, 6.45) is 0. The van der Waals surface area contributed by atoms with Gasteiger partial charge in [-0.3, -0.25) is 14.2 Å². The van der Waals surface area contributed by atoms with Crippen LogP contribution < -0.4 is 16.6 Å². The summed E-state index contributed by atoms with van der Waals surface area (Å²) in [6, 6.07) is 6.78. The number of nitrogens with two attached hydrogens (primary N) is 1. The first kappa shape index (κ1) is 14.8. The van der Waals surface area contributed by atoms with Gasteiger partial charge in [0.25, 0.3) is 5.56 Å². The summed E-state index contributed by atoms with van der Waals surface area (Å²) in [5.74, 6) is 0.188. The van der Waals surface area contributed by atoms with E-state index in [1.54, 1.807) is 26.0 Å². The summed E-state index contributed by atoms with van der Waals surface area (Å²) in [5, 5.41) is 2.70. The van der Waals surface area contributed by atoms with Crippen LogP contribution in [0.5, 0.6) is 0 Å². The van der Waals surface area contributed by atoms with E-state index in [2.05, 4.69) is 10.3 Å². The summed E-state index contributed by atoms with van der Waals surface area (Å²) in [6.45, 7) is 5.27. The van der Waals surface area contributed by atoms with Crippen molar-refractivity contribution in [1.82, 2.24) is 9.55 Å². The Kier molecular flexibility index (Phi) is 4.07. The van der Waals surface area contributed by atoms with E-state index in [-0.39, 0.29) is 18.0 Å². The molecule has 0 bridgehead atoms. The van der Waals surface area contributed by atoms with Crippen molar-refractivity contribution in [3.63, 3.8) is 0 Å². The molecule has 21 heavy (non-hydrogen) atoms. The van der Waals surface area contributed by atoms with E-state index in [4.69, 9.17) is 5.73 Å². The normalized spacial score (nSPS) is 10.4. The number of nitrogens with one attached hydrogen (secondary N) is 1. The molecule has 2 aromatic rings. The van der Waals surface area contributed by atoms with E-state index in [9.17, 15) is 9.59 Å². The van der Waals surface area contributed by atoms with Crippen molar-refractivity contribution in [1.29, 1.82) is 0 Å². The lowest BCUT2D eigenvalue weighted by Crippen LogP contribution is -2.30. The van der Waals surface area contributed by atoms with Crippen LogP contribution in [-0.4, -0.2) is 15.5 Å². The molecule has 0 aliphatic rings. The number of aryl methyl sites for hydroxylation is 3. The van der Waals surface area contributed by atoms with Crippen LogP contribution in [0.15, 0.2) is 29.1 Å². The number of nitrogen functional groups attached to an aromatic ring is 1. The monoisotopic (exact) mass is 286 g/mol. The number of hydrogen-bond donors (Lipinski definition) is 2. The van der Waals surface area contributed by atoms with E-state index >= 15 is 0 Å². The molecule has 0 aliphatic heterocycles. The molecule has 0 spiro atoms. The zero-order valence-electron chi connectivity index (χ0n) is 12.3. The number of anilines is 2. The second-order valence-electron chi connectivity index (χ2n) is 5.01. The van der Waals surface area contributed by atoms with Crippen molar-refractivity contribution in [2.24, 2.45) is 0 Å². The third kappa shape index (κ3) is 3.47. The third-order valence-corrected chi connectivity index (χ3v) is 3.11. The topological polar surface area (TPSA) is 90.0 Å². The molecule has 3 N–H and O–H groups in total. The number of aromatic nitrogens is 2. The average Bonchev–Trinajstić information content (AvgIpc) is 2.37. The fourth-order valence-corrected chi connectivity index (χ4v) is 2.09. The maximum atomic E-state index is 12.1. The Labute approximate surface area is 122 Å². The zero-order valence-corrected chi connectivity index (χ0v) is 12.3. The number of carbonyl (C=O) groups is 1. The highest BCUT2D eigenvalue weighted by Crippen LogP contribution is 2.19. The van der Waals surface area contributed by atoms with Crippen LogP contribution >= 0.6 is 0 Å². The Balaban J connectivity index is 2.18. The minimum Gasteiger partial charge on any atom is -0.397 e. The lowest BCUT2D eigenvalue weighted by atomic mass is 10.2. The standard InChI is InChI=1S/C15H18N4O2/c1-9-4-5-13(12(16)6-9)18-14(20)8-19-11(3)17-10(2)7-15(19)21/h4-7H,8,16H2,1-3H3,(H,18,20). The van der Waals surface area contributed by atoms with Crippen molar-refractivity contribution < 1.29 is 4.79 Å². The molecular weight excluding hydrogens is 268 g/mol. The number of benzene rings is 1. The molecule has 2 rings (SSSR count). The number of nitrogens with zero attached hydrogens (tertiary/aromatic N) is 2. The maximum absolute atomic E-state index is 12.1. The van der Waals surface area contributed by atoms with Crippen molar-refractivity contribution in [3.8, 4) is 0 Å². The summed E-state index contributed by atoms with van der Waals surface area (Å²) < 4.78 is 1.33. The van der Waals surface area contributed by atoms with Crippen molar-refractivity contribution in [2.75, 3.05) is 11.1 Å². The Hall–Kier alpha value is -2.63. The van der Waals surface area contributed by atoms with Gasteiger partial charge in [-0.15, -0.1) is 0 Å². The Morgan fingerprint density at radius 3 is 2.62 bits per heavy atom. The molecule has 1 aromatic carbocycles. The molecule has 1 amide bonds. The first-order valence-corrected chi connectivity index (χ1v) is 6.58. The fraction of sp³-hybridized carbons (Fsp3) is 0.267. The van der Waals surface area contributed by atoms with Crippen LogP contribution in [0.4, 0.5) is 11.4 Å². The van der Waals surface area contributed by atoms with Crippen molar-refractivity contribution in [3.05, 3.63) is 51.7 Å². The highest BCUT2D eigenvalue weighted by atomic mass is 16.2. The summed E-state index contributed by atoms with van der Waals surface area (Å²) in [7, 11) is 0. The first-order chi connectivity index (χ1) is 9.86. The van der Waals surface area contributed by atoms with Gasteiger partial charge in [-0.25, -0.2) is 4.98 Å². The predicted octanol–water partition coefficient (Wildman–Crippen LogP) is 1.39. The maximum Gasteiger partial charge on any atom is 0.254 e. The molecule has 0 aliphatic carbocycles. The van der Waals surface area contributed by atoms with Gasteiger partial charge < -0.3 is 11.1 Å². The smallest absolute Gasteiger partial charge is 0.254 e. The van der Waals surface area contributed by atoms with Gasteiger partial charge in [0, 0.05) is 11.8 Å². The van der Waals surface area contributed by atoms with Crippen LogP contribution in [0.2, 0.25) is 0 Å². The van der Waals surface area contributed by atoms with Gasteiger partial charge in [-0.05, 0) is 38.5 Å². The molecule has 0 radical (unpaired) electrons. The Bertz CT molecular complexity index is 750. The van der Waals surface area contributed by atoms with Crippen LogP contribution in [0.1, 0.15) is 17.1 Å². The van der Waals surface area contributed by atoms with E-state index in [1.165, 1.54) is 10.6 Å². The molecule has 1 aromatic heterocycles. The van der Waals surface area contributed by atoms with Gasteiger partial charge in [-0.1, -0.05) is 6.07 Å². The van der Waals surface area contributed by atoms with Crippen molar-refractivity contribution in [2.45, 2.75) is 27.3 Å². The lowest BCUT2D eigenvalue weighted by molar-refractivity contribution is -0.116. The first-order valence-electron chi connectivity index (χ1n) is 6.58. The molecule has 6 nitrogen and oxygen atoms in total. The molecule has 0 saturated carbocycles. The van der Waals surface area contributed by atoms with Gasteiger partial charge in [0.15, 0.2) is 0 Å². The number of rotatable bonds is 3. The van der Waals surface area contributed by atoms with Gasteiger partial charge in [-0.2, -0.15) is 0 Å². The predicted molar refractivity (Wildman–Crippen MR) is 82.2 cm³/mol. The van der Waals surface area contributed by atoms with Crippen LogP contribution in [0, 0.1) is 20.8 Å². The molecule has 6 heteroatoms. The molecule has 0 fully saturated rings. The van der Waals surface area contributed by atoms with E-state index in [1.807, 2.05) is 13.0 Å². The average molecular weight is 286 g/mol. The second-order valence-corrected chi connectivity index (χ2v) is 5.01. The molecule has 0 atom stereocenters. The zero-order chi connectivity index (χ0) is 15.6. The van der Waals surface area contributed by atoms with E-state index < -0.39 is 0 Å². The molecule has 0 saturated heterocycles. The SMILES string of the molecule is Cc1ccc(NC(=O)Cn2c(C)nc(C)cc2=O)c(N)c1. The second kappa shape index (κ2) is 5.78. The Morgan fingerprint density at radius 1 is 1.29 bits per heavy atom. The molecule has 110 valence electrons. The highest BCUT2D eigenvalue weighted by Gasteiger charge is 2.10. The molecular formula is C15H18N4O2. The summed E-state index contributed by atoms with van der Waals surface area (Å²) in [4.78, 5) is 28.1. The van der Waals surface area contributed by atoms with Crippen molar-refractivity contribution >= 4 is 17.3 Å². The number of hydrogen-bond acceptors (Lipinski definition) is 4. The number of carbonyl (C=O) groups excluding carboxylic acids is 1. The summed E-state index contributed by atoms with van der Waals surface area (Å²) in [5.41, 5.74) is 8.29. The largest absolute Gasteiger partial charge is 0.397 e. The quantitative estimate of drug-likeness (QED) is 0.834. The van der Waals surface area contributed by atoms with Gasteiger partial charge in [0.2, 0.25) is 5.91 Å². The van der Waals surface area contributed by atoms with E-state index in [0.29, 0.717) is 22.9 Å². The minimum absolute atomic E-state index is 0.0920. The van der Waals surface area contributed by atoms with Crippen LogP contribution in [0.25, 0.3) is 0 Å². The Morgan fingerprint density at radius 2 is 2.00 bits per heavy atom. The summed E-state index contributed by atoms with van der Waals surface area (Å²) >= 11 is 0. The highest BCUT2D eigenvalue weighted by molar-refractivity contribution is 5.93. The van der Waals surface area contributed by atoms with E-state index in [0.717, 1.165) is 5.56 Å². The van der Waals surface area contributed by atoms with Crippen LogP contribution in [-0.2, 0) is 11.3 Å². The lowest BCUT2D eigenvalue weighted by Gasteiger charge is -2.11. The van der Waals surface area contributed by atoms with Crippen LogP contribution in [0.3, 0.4) is 0 Å². The van der Waals surface area contributed by atoms with Gasteiger partial charge >= 0.3 is 0 Å². The third-order valence-electron chi connectivity index (χ3n) is 3.11. The fourth-order valence-electron chi connectivity index (χ4n) is 2.09. The molecule has 0 unspecified atom stereocenters. The molecule has 1 heterocycles.